The van der Waals surface area contributed by atoms with Crippen LogP contribution >= 0.6 is 0 Å². The number of hydrogen-bond acceptors (Lipinski definition) is 4. The smallest absolute Gasteiger partial charge is 0.354 e. The van der Waals surface area contributed by atoms with Crippen LogP contribution in [0.2, 0.25) is 0 Å². The van der Waals surface area contributed by atoms with Crippen LogP contribution in [0.4, 0.5) is 0 Å². The third kappa shape index (κ3) is 3.94. The number of H-pyrrole nitrogens is 1. The van der Waals surface area contributed by atoms with Crippen LogP contribution in [-0.4, -0.2) is 47.2 Å². The van der Waals surface area contributed by atoms with Crippen molar-refractivity contribution in [3.05, 3.63) is 22.5 Å². The van der Waals surface area contributed by atoms with Crippen molar-refractivity contribution in [1.82, 2.24) is 9.88 Å². The first-order valence-corrected chi connectivity index (χ1v) is 8.89. The maximum atomic E-state index is 12.9. The van der Waals surface area contributed by atoms with Gasteiger partial charge in [0, 0.05) is 23.2 Å². The standard InChI is InChI=1S/C19H28N2O4/c1-11(2)21(18(23)14-8-6-7-9-14)10-15(22)16-12(3)17(19(24)25-5)20-13(16)4/h11,14,20H,6-10H2,1-5H3. The zero-order valence-electron chi connectivity index (χ0n) is 15.8. The van der Waals surface area contributed by atoms with Gasteiger partial charge in [0.15, 0.2) is 5.78 Å². The molecule has 1 aliphatic rings. The number of nitrogens with one attached hydrogen (secondary N) is 1. The van der Waals surface area contributed by atoms with Gasteiger partial charge in [0.05, 0.1) is 13.7 Å². The van der Waals surface area contributed by atoms with Crippen molar-refractivity contribution in [2.45, 2.75) is 59.4 Å². The lowest BCUT2D eigenvalue weighted by atomic mass is 10.0. The Balaban J connectivity index is 2.23. The maximum absolute atomic E-state index is 12.9. The van der Waals surface area contributed by atoms with Crippen molar-refractivity contribution in [3.8, 4) is 0 Å². The number of nitrogens with zero attached hydrogens (tertiary/aromatic N) is 1. The fourth-order valence-corrected chi connectivity index (χ4v) is 3.63. The van der Waals surface area contributed by atoms with E-state index in [0.717, 1.165) is 25.7 Å². The first kappa shape index (κ1) is 19.2. The molecule has 6 nitrogen and oxygen atoms in total. The Labute approximate surface area is 148 Å². The van der Waals surface area contributed by atoms with Gasteiger partial charge in [0.25, 0.3) is 0 Å². The lowest BCUT2D eigenvalue weighted by molar-refractivity contribution is -0.136. The Kier molecular flexibility index (Phi) is 6.03. The van der Waals surface area contributed by atoms with Gasteiger partial charge < -0.3 is 14.6 Å². The van der Waals surface area contributed by atoms with Crippen LogP contribution in [0.25, 0.3) is 0 Å². The number of aryl methyl sites for hydroxylation is 1. The van der Waals surface area contributed by atoms with Gasteiger partial charge in [-0.05, 0) is 46.1 Å². The molecule has 1 heterocycles. The minimum Gasteiger partial charge on any atom is -0.464 e. The molecule has 1 fully saturated rings. The second-order valence-electron chi connectivity index (χ2n) is 7.08. The summed E-state index contributed by atoms with van der Waals surface area (Å²) in [5, 5.41) is 0. The molecule has 25 heavy (non-hydrogen) atoms. The van der Waals surface area contributed by atoms with E-state index in [-0.39, 0.29) is 30.2 Å². The number of amides is 1. The molecular formula is C19H28N2O4. The Bertz CT molecular complexity index is 669. The molecule has 0 aromatic carbocycles. The number of ether oxygens (including phenoxy) is 1. The molecule has 0 bridgehead atoms. The Hall–Kier alpha value is -2.11. The molecule has 0 saturated heterocycles. The van der Waals surface area contributed by atoms with Crippen molar-refractivity contribution in [2.24, 2.45) is 5.92 Å². The van der Waals surface area contributed by atoms with Gasteiger partial charge in [-0.25, -0.2) is 4.79 Å². The number of carbonyl (C=O) groups is 3. The lowest BCUT2D eigenvalue weighted by Crippen LogP contribution is -2.43. The molecule has 2 rings (SSSR count). The third-order valence-corrected chi connectivity index (χ3v) is 5.03. The first-order valence-electron chi connectivity index (χ1n) is 8.89. The topological polar surface area (TPSA) is 79.5 Å². The fourth-order valence-electron chi connectivity index (χ4n) is 3.63. The van der Waals surface area contributed by atoms with Crippen molar-refractivity contribution in [3.63, 3.8) is 0 Å². The van der Waals surface area contributed by atoms with Crippen LogP contribution < -0.4 is 0 Å². The van der Waals surface area contributed by atoms with Gasteiger partial charge in [0.2, 0.25) is 5.91 Å². The molecule has 138 valence electrons. The number of aromatic amines is 1. The molecule has 1 saturated carbocycles. The Morgan fingerprint density at radius 2 is 1.80 bits per heavy atom. The van der Waals surface area contributed by atoms with Crippen molar-refractivity contribution in [2.75, 3.05) is 13.7 Å². The highest BCUT2D eigenvalue weighted by atomic mass is 16.5. The molecule has 0 unspecified atom stereocenters. The summed E-state index contributed by atoms with van der Waals surface area (Å²) in [6, 6.07) is -0.0447. The summed E-state index contributed by atoms with van der Waals surface area (Å²) >= 11 is 0. The largest absolute Gasteiger partial charge is 0.464 e. The average Bonchev–Trinajstić information content (AvgIpc) is 3.19. The van der Waals surface area contributed by atoms with Crippen molar-refractivity contribution in [1.29, 1.82) is 0 Å². The second kappa shape index (κ2) is 7.85. The summed E-state index contributed by atoms with van der Waals surface area (Å²) in [5.41, 5.74) is 1.97. The number of ketones is 1. The number of methoxy groups -OCH3 is 1. The van der Waals surface area contributed by atoms with Crippen LogP contribution in [0.1, 0.15) is 71.6 Å². The zero-order chi connectivity index (χ0) is 18.7. The van der Waals surface area contributed by atoms with E-state index >= 15 is 0 Å². The van der Waals surface area contributed by atoms with Crippen LogP contribution in [0.3, 0.4) is 0 Å². The number of aromatic nitrogens is 1. The first-order chi connectivity index (χ1) is 11.8. The SMILES string of the molecule is COC(=O)c1[nH]c(C)c(C(=O)CN(C(=O)C2CCCC2)C(C)C)c1C. The number of hydrogen-bond donors (Lipinski definition) is 1. The number of esters is 1. The molecular weight excluding hydrogens is 320 g/mol. The van der Waals surface area contributed by atoms with Crippen LogP contribution in [0.15, 0.2) is 0 Å². The highest BCUT2D eigenvalue weighted by Gasteiger charge is 2.31. The average molecular weight is 348 g/mol. The van der Waals surface area contributed by atoms with Crippen LogP contribution in [0.5, 0.6) is 0 Å². The lowest BCUT2D eigenvalue weighted by Gasteiger charge is -2.29. The Morgan fingerprint density at radius 3 is 2.32 bits per heavy atom. The molecule has 1 aromatic rings. The highest BCUT2D eigenvalue weighted by molar-refractivity contribution is 6.04. The van der Waals surface area contributed by atoms with Gasteiger partial charge in [0.1, 0.15) is 5.69 Å². The zero-order valence-corrected chi connectivity index (χ0v) is 15.8. The van der Waals surface area contributed by atoms with Gasteiger partial charge in [-0.2, -0.15) is 0 Å². The summed E-state index contributed by atoms with van der Waals surface area (Å²) in [7, 11) is 1.31. The highest BCUT2D eigenvalue weighted by Crippen LogP contribution is 2.28. The molecule has 0 radical (unpaired) electrons. The maximum Gasteiger partial charge on any atom is 0.354 e. The minimum atomic E-state index is -0.498. The van der Waals surface area contributed by atoms with E-state index in [2.05, 4.69) is 4.98 Å². The molecule has 6 heteroatoms. The van der Waals surface area contributed by atoms with Crippen LogP contribution in [-0.2, 0) is 9.53 Å². The van der Waals surface area contributed by atoms with Crippen molar-refractivity contribution >= 4 is 17.7 Å². The summed E-state index contributed by atoms with van der Waals surface area (Å²) in [4.78, 5) is 42.1. The minimum absolute atomic E-state index is 0.0349. The van der Waals surface area contributed by atoms with E-state index in [4.69, 9.17) is 4.74 Å². The molecule has 0 atom stereocenters. The molecule has 1 aromatic heterocycles. The third-order valence-electron chi connectivity index (χ3n) is 5.03. The van der Waals surface area contributed by atoms with E-state index in [1.807, 2.05) is 13.8 Å². The number of carbonyl (C=O) groups excluding carboxylic acids is 3. The van der Waals surface area contributed by atoms with E-state index in [0.29, 0.717) is 22.5 Å². The quantitative estimate of drug-likeness (QED) is 0.633. The van der Waals surface area contributed by atoms with E-state index < -0.39 is 5.97 Å². The molecule has 0 spiro atoms. The summed E-state index contributed by atoms with van der Waals surface area (Å²) < 4.78 is 4.74. The molecule has 0 aliphatic heterocycles. The summed E-state index contributed by atoms with van der Waals surface area (Å²) in [6.07, 6.45) is 3.97. The van der Waals surface area contributed by atoms with Crippen molar-refractivity contribution < 1.29 is 19.1 Å². The number of Topliss-reactive ketones (excluding diaryl/α,β-unsaturated/α-hetero) is 1. The van der Waals surface area contributed by atoms with Gasteiger partial charge in [-0.15, -0.1) is 0 Å². The molecule has 1 aliphatic carbocycles. The number of rotatable bonds is 6. The Morgan fingerprint density at radius 1 is 1.20 bits per heavy atom. The summed E-state index contributed by atoms with van der Waals surface area (Å²) in [5.74, 6) is -0.544. The normalized spacial score (nSPS) is 14.8. The van der Waals surface area contributed by atoms with Gasteiger partial charge in [-0.3, -0.25) is 9.59 Å². The molecule has 1 amide bonds. The van der Waals surface area contributed by atoms with Gasteiger partial charge >= 0.3 is 5.97 Å². The van der Waals surface area contributed by atoms with Crippen LogP contribution in [0, 0.1) is 19.8 Å². The summed E-state index contributed by atoms with van der Waals surface area (Å²) in [6.45, 7) is 7.37. The fraction of sp³-hybridized carbons (Fsp3) is 0.632. The predicted molar refractivity (Wildman–Crippen MR) is 94.7 cm³/mol. The monoisotopic (exact) mass is 348 g/mol. The predicted octanol–water partition coefficient (Wildman–Crippen LogP) is 3.03. The van der Waals surface area contributed by atoms with E-state index in [9.17, 15) is 14.4 Å². The van der Waals surface area contributed by atoms with E-state index in [1.54, 1.807) is 18.7 Å². The molecule has 1 N–H and O–H groups in total. The second-order valence-corrected chi connectivity index (χ2v) is 7.08. The van der Waals surface area contributed by atoms with E-state index in [1.165, 1.54) is 7.11 Å². The van der Waals surface area contributed by atoms with Gasteiger partial charge in [-0.1, -0.05) is 12.8 Å².